The predicted octanol–water partition coefficient (Wildman–Crippen LogP) is 3.68. The summed E-state index contributed by atoms with van der Waals surface area (Å²) >= 11 is 0. The van der Waals surface area contributed by atoms with E-state index in [1.54, 1.807) is 24.5 Å². The van der Waals surface area contributed by atoms with Crippen LogP contribution in [0.5, 0.6) is 5.75 Å². The molecule has 3 aromatic rings. The third-order valence-electron chi connectivity index (χ3n) is 5.24. The fourth-order valence-electron chi connectivity index (χ4n) is 3.57. The molecule has 1 aromatic heterocycles. The number of aromatic hydroxyl groups is 1. The van der Waals surface area contributed by atoms with Crippen molar-refractivity contribution in [3.8, 4) is 17.1 Å². The highest BCUT2D eigenvalue weighted by Crippen LogP contribution is 2.25. The van der Waals surface area contributed by atoms with E-state index in [-0.39, 0.29) is 0 Å². The molecule has 0 amide bonds. The van der Waals surface area contributed by atoms with E-state index in [9.17, 15) is 5.11 Å². The van der Waals surface area contributed by atoms with Crippen LogP contribution in [0.4, 0.5) is 0 Å². The van der Waals surface area contributed by atoms with E-state index in [4.69, 9.17) is 0 Å². The van der Waals surface area contributed by atoms with Gasteiger partial charge in [-0.15, -0.1) is 0 Å². The summed E-state index contributed by atoms with van der Waals surface area (Å²) in [6.45, 7) is 5.74. The Morgan fingerprint density at radius 1 is 0.862 bits per heavy atom. The molecular weight excluding hydrogens is 360 g/mol. The Morgan fingerprint density at radius 2 is 1.59 bits per heavy atom. The maximum Gasteiger partial charge on any atom is 0.159 e. The van der Waals surface area contributed by atoms with Gasteiger partial charge in [0.15, 0.2) is 5.82 Å². The van der Waals surface area contributed by atoms with Gasteiger partial charge in [0, 0.05) is 62.8 Å². The monoisotopic (exact) mass is 386 g/mol. The molecule has 1 fully saturated rings. The van der Waals surface area contributed by atoms with Gasteiger partial charge in [-0.25, -0.2) is 9.97 Å². The lowest BCUT2D eigenvalue weighted by molar-refractivity contribution is 0.136. The van der Waals surface area contributed by atoms with Crippen molar-refractivity contribution >= 4 is 6.08 Å². The minimum atomic E-state index is 0.331. The molecule has 5 nitrogen and oxygen atoms in total. The van der Waals surface area contributed by atoms with E-state index in [1.807, 2.05) is 18.2 Å². The topological polar surface area (TPSA) is 52.5 Å². The lowest BCUT2D eigenvalue weighted by Gasteiger charge is -2.34. The molecule has 1 N–H and O–H groups in total. The Labute approximate surface area is 172 Å². The van der Waals surface area contributed by atoms with Crippen LogP contribution in [0.15, 0.2) is 73.1 Å². The second-order valence-corrected chi connectivity index (χ2v) is 7.31. The summed E-state index contributed by atoms with van der Waals surface area (Å²) in [5.74, 6) is 1.02. The van der Waals surface area contributed by atoms with Crippen molar-refractivity contribution < 1.29 is 5.11 Å². The zero-order valence-electron chi connectivity index (χ0n) is 16.5. The average Bonchev–Trinajstić information content (AvgIpc) is 2.78. The van der Waals surface area contributed by atoms with E-state index in [0.29, 0.717) is 11.6 Å². The number of hydrogen-bond donors (Lipinski definition) is 1. The van der Waals surface area contributed by atoms with E-state index in [2.05, 4.69) is 56.2 Å². The van der Waals surface area contributed by atoms with Gasteiger partial charge in [-0.2, -0.15) is 0 Å². The Kier molecular flexibility index (Phi) is 6.29. The normalized spacial score (nSPS) is 15.7. The average molecular weight is 386 g/mol. The summed E-state index contributed by atoms with van der Waals surface area (Å²) < 4.78 is 0. The highest BCUT2D eigenvalue weighted by molar-refractivity contribution is 5.58. The fraction of sp³-hybridized carbons (Fsp3) is 0.250. The second kappa shape index (κ2) is 9.45. The quantitative estimate of drug-likeness (QED) is 0.700. The smallest absolute Gasteiger partial charge is 0.159 e. The molecule has 2 aromatic carbocycles. The number of benzene rings is 2. The number of aromatic nitrogens is 2. The van der Waals surface area contributed by atoms with Crippen LogP contribution in [-0.2, 0) is 6.54 Å². The molecule has 1 aliphatic heterocycles. The summed E-state index contributed by atoms with van der Waals surface area (Å²) in [5.41, 5.74) is 3.10. The molecule has 0 radical (unpaired) electrons. The van der Waals surface area contributed by atoms with Crippen molar-refractivity contribution in [2.24, 2.45) is 0 Å². The third kappa shape index (κ3) is 5.28. The third-order valence-corrected chi connectivity index (χ3v) is 5.24. The van der Waals surface area contributed by atoms with Crippen molar-refractivity contribution in [3.63, 3.8) is 0 Å². The number of rotatable bonds is 6. The SMILES string of the molecule is Oc1ccc(-c2ncccn2)cc1CN1CCN(C/C=C/c2ccccc2)CC1. The lowest BCUT2D eigenvalue weighted by atomic mass is 10.1. The summed E-state index contributed by atoms with van der Waals surface area (Å²) in [4.78, 5) is 13.5. The van der Waals surface area contributed by atoms with Crippen LogP contribution in [0.25, 0.3) is 17.5 Å². The van der Waals surface area contributed by atoms with Gasteiger partial charge in [0.1, 0.15) is 5.75 Å². The summed E-state index contributed by atoms with van der Waals surface area (Å²) in [6.07, 6.45) is 7.89. The van der Waals surface area contributed by atoms with Crippen LogP contribution in [0.2, 0.25) is 0 Å². The number of hydrogen-bond acceptors (Lipinski definition) is 5. The molecule has 5 heteroatoms. The summed E-state index contributed by atoms with van der Waals surface area (Å²) in [5, 5.41) is 10.3. The van der Waals surface area contributed by atoms with Gasteiger partial charge in [0.2, 0.25) is 0 Å². The first-order chi connectivity index (χ1) is 14.3. The zero-order valence-corrected chi connectivity index (χ0v) is 16.5. The van der Waals surface area contributed by atoms with Crippen molar-refractivity contribution in [2.45, 2.75) is 6.54 Å². The Balaban J connectivity index is 1.31. The van der Waals surface area contributed by atoms with Crippen LogP contribution >= 0.6 is 0 Å². The molecule has 0 spiro atoms. The summed E-state index contributed by atoms with van der Waals surface area (Å²) in [7, 11) is 0. The van der Waals surface area contributed by atoms with Crippen molar-refractivity contribution in [1.82, 2.24) is 19.8 Å². The van der Waals surface area contributed by atoms with Crippen LogP contribution in [0.3, 0.4) is 0 Å². The molecule has 0 atom stereocenters. The first-order valence-electron chi connectivity index (χ1n) is 10.0. The molecular formula is C24H26N4O. The molecule has 0 saturated carbocycles. The van der Waals surface area contributed by atoms with Crippen molar-refractivity contribution in [1.29, 1.82) is 0 Å². The van der Waals surface area contributed by atoms with E-state index < -0.39 is 0 Å². The Hall–Kier alpha value is -3.02. The van der Waals surface area contributed by atoms with Gasteiger partial charge in [-0.3, -0.25) is 9.80 Å². The molecule has 29 heavy (non-hydrogen) atoms. The predicted molar refractivity (Wildman–Crippen MR) is 116 cm³/mol. The molecule has 0 unspecified atom stereocenters. The molecule has 2 heterocycles. The molecule has 4 rings (SSSR count). The highest BCUT2D eigenvalue weighted by Gasteiger charge is 2.17. The standard InChI is InChI=1S/C24H26N4O/c29-23-10-9-21(24-25-11-5-12-26-24)18-22(23)19-28-16-14-27(15-17-28)13-4-8-20-6-2-1-3-7-20/h1-12,18,29H,13-17,19H2/b8-4+. The van der Waals surface area contributed by atoms with Crippen molar-refractivity contribution in [2.75, 3.05) is 32.7 Å². The van der Waals surface area contributed by atoms with E-state index in [0.717, 1.165) is 50.4 Å². The fourth-order valence-corrected chi connectivity index (χ4v) is 3.57. The highest BCUT2D eigenvalue weighted by atomic mass is 16.3. The van der Waals surface area contributed by atoms with Crippen LogP contribution in [0, 0.1) is 0 Å². The molecule has 1 aliphatic rings. The first-order valence-corrected chi connectivity index (χ1v) is 10.0. The Morgan fingerprint density at radius 3 is 2.34 bits per heavy atom. The molecule has 148 valence electrons. The zero-order chi connectivity index (χ0) is 19.9. The molecule has 1 saturated heterocycles. The van der Waals surface area contributed by atoms with Gasteiger partial charge in [0.25, 0.3) is 0 Å². The Bertz CT molecular complexity index is 936. The van der Waals surface area contributed by atoms with E-state index >= 15 is 0 Å². The van der Waals surface area contributed by atoms with Crippen LogP contribution < -0.4 is 0 Å². The minimum Gasteiger partial charge on any atom is -0.508 e. The molecule has 0 bridgehead atoms. The van der Waals surface area contributed by atoms with Gasteiger partial charge in [-0.05, 0) is 29.8 Å². The number of phenolic OH excluding ortho intramolecular Hbond substituents is 1. The number of piperazine rings is 1. The van der Waals surface area contributed by atoms with Crippen LogP contribution in [-0.4, -0.2) is 57.6 Å². The number of nitrogens with zero attached hydrogens (tertiary/aromatic N) is 4. The maximum atomic E-state index is 10.3. The number of phenols is 1. The largest absolute Gasteiger partial charge is 0.508 e. The van der Waals surface area contributed by atoms with E-state index in [1.165, 1.54) is 5.56 Å². The van der Waals surface area contributed by atoms with Crippen molar-refractivity contribution in [3.05, 3.63) is 84.2 Å². The van der Waals surface area contributed by atoms with Gasteiger partial charge >= 0.3 is 0 Å². The van der Waals surface area contributed by atoms with Gasteiger partial charge < -0.3 is 5.11 Å². The molecule has 0 aliphatic carbocycles. The summed E-state index contributed by atoms with van der Waals surface area (Å²) in [6, 6.07) is 17.8. The maximum absolute atomic E-state index is 10.3. The lowest BCUT2D eigenvalue weighted by Crippen LogP contribution is -2.45. The second-order valence-electron chi connectivity index (χ2n) is 7.31. The van der Waals surface area contributed by atoms with Gasteiger partial charge in [-0.1, -0.05) is 42.5 Å². The van der Waals surface area contributed by atoms with Gasteiger partial charge in [0.05, 0.1) is 0 Å². The first kappa shape index (κ1) is 19.3. The van der Waals surface area contributed by atoms with Crippen LogP contribution in [0.1, 0.15) is 11.1 Å². The minimum absolute atomic E-state index is 0.331.